The lowest BCUT2D eigenvalue weighted by Crippen LogP contribution is -2.15. The van der Waals surface area contributed by atoms with Crippen LogP contribution in [-0.2, 0) is 6.54 Å². The number of para-hydroxylation sites is 1. The summed E-state index contributed by atoms with van der Waals surface area (Å²) >= 11 is 6.10. The predicted octanol–water partition coefficient (Wildman–Crippen LogP) is 4.69. The molecule has 3 rings (SSSR count). The van der Waals surface area contributed by atoms with Gasteiger partial charge in [0.1, 0.15) is 11.5 Å². The van der Waals surface area contributed by atoms with Gasteiger partial charge in [-0.2, -0.15) is 0 Å². The van der Waals surface area contributed by atoms with Crippen LogP contribution in [-0.4, -0.2) is 6.04 Å². The molecule has 2 nitrogen and oxygen atoms in total. The summed E-state index contributed by atoms with van der Waals surface area (Å²) in [5.74, 6) is 1.76. The Labute approximate surface area is 124 Å². The van der Waals surface area contributed by atoms with E-state index >= 15 is 0 Å². The second-order valence-electron chi connectivity index (χ2n) is 5.27. The molecule has 1 aliphatic rings. The van der Waals surface area contributed by atoms with Crippen LogP contribution in [0.1, 0.15) is 24.0 Å². The molecular weight excluding hydrogens is 270 g/mol. The quantitative estimate of drug-likeness (QED) is 0.861. The van der Waals surface area contributed by atoms with Crippen LogP contribution in [0.3, 0.4) is 0 Å². The van der Waals surface area contributed by atoms with Gasteiger partial charge in [0, 0.05) is 23.2 Å². The average molecular weight is 288 g/mol. The third kappa shape index (κ3) is 3.33. The lowest BCUT2D eigenvalue weighted by atomic mass is 10.2. The Hall–Kier alpha value is -1.51. The number of ether oxygens (including phenoxy) is 1. The molecule has 3 heteroatoms. The highest BCUT2D eigenvalue weighted by Gasteiger charge is 2.20. The van der Waals surface area contributed by atoms with Crippen LogP contribution < -0.4 is 10.1 Å². The van der Waals surface area contributed by atoms with Crippen LogP contribution in [0.2, 0.25) is 5.02 Å². The molecule has 0 unspecified atom stereocenters. The van der Waals surface area contributed by atoms with Crippen LogP contribution in [0, 0.1) is 6.92 Å². The highest BCUT2D eigenvalue weighted by Crippen LogP contribution is 2.30. The Kier molecular flexibility index (Phi) is 3.95. The molecule has 0 atom stereocenters. The summed E-state index contributed by atoms with van der Waals surface area (Å²) in [5, 5.41) is 4.25. The minimum Gasteiger partial charge on any atom is -0.457 e. The first kappa shape index (κ1) is 13.5. The maximum Gasteiger partial charge on any atom is 0.132 e. The normalized spacial score (nSPS) is 14.3. The SMILES string of the molecule is Cc1ccccc1Oc1ccc(Cl)cc1CNC1CC1. The molecule has 20 heavy (non-hydrogen) atoms. The summed E-state index contributed by atoms with van der Waals surface area (Å²) in [5.41, 5.74) is 2.23. The molecule has 1 saturated carbocycles. The minimum atomic E-state index is 0.667. The topological polar surface area (TPSA) is 21.3 Å². The summed E-state index contributed by atoms with van der Waals surface area (Å²) < 4.78 is 6.05. The Morgan fingerprint density at radius 1 is 1.15 bits per heavy atom. The molecular formula is C17H18ClNO. The van der Waals surface area contributed by atoms with E-state index in [-0.39, 0.29) is 0 Å². The summed E-state index contributed by atoms with van der Waals surface area (Å²) in [6, 6.07) is 14.5. The Bertz CT molecular complexity index is 608. The Morgan fingerprint density at radius 3 is 2.70 bits per heavy atom. The van der Waals surface area contributed by atoms with E-state index in [9.17, 15) is 0 Å². The molecule has 1 N–H and O–H groups in total. The van der Waals surface area contributed by atoms with Gasteiger partial charge in [-0.3, -0.25) is 0 Å². The van der Waals surface area contributed by atoms with E-state index in [2.05, 4.69) is 5.32 Å². The zero-order chi connectivity index (χ0) is 13.9. The fraction of sp³-hybridized carbons (Fsp3) is 0.294. The number of nitrogens with one attached hydrogen (secondary N) is 1. The number of rotatable bonds is 5. The van der Waals surface area contributed by atoms with E-state index < -0.39 is 0 Å². The molecule has 0 spiro atoms. The molecule has 1 aliphatic carbocycles. The highest BCUT2D eigenvalue weighted by atomic mass is 35.5. The van der Waals surface area contributed by atoms with E-state index in [0.717, 1.165) is 34.2 Å². The molecule has 0 bridgehead atoms. The Balaban J connectivity index is 1.82. The summed E-state index contributed by atoms with van der Waals surface area (Å²) in [4.78, 5) is 0. The van der Waals surface area contributed by atoms with Gasteiger partial charge in [-0.15, -0.1) is 0 Å². The molecule has 0 aromatic heterocycles. The lowest BCUT2D eigenvalue weighted by molar-refractivity contribution is 0.469. The van der Waals surface area contributed by atoms with Crippen molar-refractivity contribution in [3.63, 3.8) is 0 Å². The van der Waals surface area contributed by atoms with Gasteiger partial charge < -0.3 is 10.1 Å². The highest BCUT2D eigenvalue weighted by molar-refractivity contribution is 6.30. The number of hydrogen-bond acceptors (Lipinski definition) is 2. The second kappa shape index (κ2) is 5.86. The third-order valence-corrected chi connectivity index (χ3v) is 3.73. The van der Waals surface area contributed by atoms with Crippen LogP contribution >= 0.6 is 11.6 Å². The van der Waals surface area contributed by atoms with Gasteiger partial charge in [0.05, 0.1) is 0 Å². The number of benzene rings is 2. The van der Waals surface area contributed by atoms with Gasteiger partial charge in [0.15, 0.2) is 0 Å². The molecule has 0 heterocycles. The monoisotopic (exact) mass is 287 g/mol. The maximum absolute atomic E-state index is 6.10. The molecule has 104 valence electrons. The van der Waals surface area contributed by atoms with Crippen molar-refractivity contribution in [1.82, 2.24) is 5.32 Å². The molecule has 1 fully saturated rings. The lowest BCUT2D eigenvalue weighted by Gasteiger charge is -2.13. The zero-order valence-corrected chi connectivity index (χ0v) is 12.3. The second-order valence-corrected chi connectivity index (χ2v) is 5.71. The van der Waals surface area contributed by atoms with Gasteiger partial charge in [-0.25, -0.2) is 0 Å². The number of halogens is 1. The van der Waals surface area contributed by atoms with Crippen LogP contribution in [0.25, 0.3) is 0 Å². The van der Waals surface area contributed by atoms with Crippen LogP contribution in [0.15, 0.2) is 42.5 Å². The fourth-order valence-corrected chi connectivity index (χ4v) is 2.31. The van der Waals surface area contributed by atoms with Gasteiger partial charge in [-0.1, -0.05) is 29.8 Å². The van der Waals surface area contributed by atoms with E-state index in [0.29, 0.717) is 6.04 Å². The van der Waals surface area contributed by atoms with Gasteiger partial charge in [-0.05, 0) is 49.6 Å². The van der Waals surface area contributed by atoms with Gasteiger partial charge >= 0.3 is 0 Å². The van der Waals surface area contributed by atoms with E-state index in [1.807, 2.05) is 49.4 Å². The first-order chi connectivity index (χ1) is 9.72. The molecule has 0 saturated heterocycles. The maximum atomic E-state index is 6.10. The first-order valence-corrected chi connectivity index (χ1v) is 7.35. The van der Waals surface area contributed by atoms with Crippen molar-refractivity contribution in [2.75, 3.05) is 0 Å². The fourth-order valence-electron chi connectivity index (χ4n) is 2.12. The third-order valence-electron chi connectivity index (χ3n) is 3.49. The Morgan fingerprint density at radius 2 is 1.95 bits per heavy atom. The molecule has 0 radical (unpaired) electrons. The van der Waals surface area contributed by atoms with E-state index in [1.165, 1.54) is 12.8 Å². The van der Waals surface area contributed by atoms with Crippen molar-refractivity contribution in [2.45, 2.75) is 32.4 Å². The molecule has 2 aromatic rings. The molecule has 0 amide bonds. The smallest absolute Gasteiger partial charge is 0.132 e. The van der Waals surface area contributed by atoms with Crippen molar-refractivity contribution >= 4 is 11.6 Å². The van der Waals surface area contributed by atoms with Crippen molar-refractivity contribution in [1.29, 1.82) is 0 Å². The summed E-state index contributed by atoms with van der Waals surface area (Å²) in [7, 11) is 0. The van der Waals surface area contributed by atoms with Crippen LogP contribution in [0.5, 0.6) is 11.5 Å². The summed E-state index contributed by atoms with van der Waals surface area (Å²) in [6.07, 6.45) is 2.54. The summed E-state index contributed by atoms with van der Waals surface area (Å²) in [6.45, 7) is 2.85. The van der Waals surface area contributed by atoms with Crippen LogP contribution in [0.4, 0.5) is 0 Å². The van der Waals surface area contributed by atoms with Crippen molar-refractivity contribution < 1.29 is 4.74 Å². The molecule has 0 aliphatic heterocycles. The average Bonchev–Trinajstić information content (AvgIpc) is 3.25. The molecule has 2 aromatic carbocycles. The minimum absolute atomic E-state index is 0.667. The predicted molar refractivity (Wildman–Crippen MR) is 82.6 cm³/mol. The van der Waals surface area contributed by atoms with E-state index in [1.54, 1.807) is 0 Å². The zero-order valence-electron chi connectivity index (χ0n) is 11.5. The van der Waals surface area contributed by atoms with Gasteiger partial charge in [0.25, 0.3) is 0 Å². The van der Waals surface area contributed by atoms with Gasteiger partial charge in [0.2, 0.25) is 0 Å². The van der Waals surface area contributed by atoms with Crippen molar-refractivity contribution in [3.05, 3.63) is 58.6 Å². The first-order valence-electron chi connectivity index (χ1n) is 6.97. The number of aryl methyl sites for hydroxylation is 1. The van der Waals surface area contributed by atoms with Crippen molar-refractivity contribution in [3.8, 4) is 11.5 Å². The van der Waals surface area contributed by atoms with E-state index in [4.69, 9.17) is 16.3 Å². The standard InChI is InChI=1S/C17H18ClNO/c1-12-4-2-3-5-16(12)20-17-9-6-14(18)10-13(17)11-19-15-7-8-15/h2-6,9-10,15,19H,7-8,11H2,1H3. The van der Waals surface area contributed by atoms with Crippen molar-refractivity contribution in [2.24, 2.45) is 0 Å². The number of hydrogen-bond donors (Lipinski definition) is 1. The largest absolute Gasteiger partial charge is 0.457 e.